The minimum absolute atomic E-state index is 0.444. The highest BCUT2D eigenvalue weighted by Gasteiger charge is 2.41. The Hall–Kier alpha value is -0.350. The second kappa shape index (κ2) is 5.96. The van der Waals surface area contributed by atoms with Crippen molar-refractivity contribution in [2.45, 2.75) is 64.0 Å². The van der Waals surface area contributed by atoms with E-state index in [4.69, 9.17) is 0 Å². The van der Waals surface area contributed by atoms with Crippen LogP contribution < -0.4 is 0 Å². The molecular formula is C15H26O3S. The Kier molecular flexibility index (Phi) is 4.72. The number of rotatable bonds is 6. The van der Waals surface area contributed by atoms with Gasteiger partial charge < -0.3 is 0 Å². The maximum absolute atomic E-state index is 11.4. The zero-order valence-corrected chi connectivity index (χ0v) is 12.8. The number of allylic oxidation sites excluding steroid dienone is 2. The maximum atomic E-state index is 11.4. The van der Waals surface area contributed by atoms with E-state index in [-0.39, 0.29) is 0 Å². The topological polar surface area (TPSA) is 54.4 Å². The summed E-state index contributed by atoms with van der Waals surface area (Å²) in [5.41, 5.74) is 1.54. The zero-order chi connectivity index (χ0) is 14.0. The van der Waals surface area contributed by atoms with Crippen LogP contribution in [0.4, 0.5) is 0 Å². The third-order valence-electron chi connectivity index (χ3n) is 4.98. The lowest BCUT2D eigenvalue weighted by atomic mass is 9.69. The fraction of sp³-hybridized carbons (Fsp3) is 0.867. The SMILES string of the molecule is CCCC(CC)C1C[C@H](S(=O)(=O)O)CCC1C1=CC1. The molecule has 19 heavy (non-hydrogen) atoms. The van der Waals surface area contributed by atoms with Crippen LogP contribution in [0.1, 0.15) is 58.8 Å². The average molecular weight is 286 g/mol. The van der Waals surface area contributed by atoms with Crippen LogP contribution in [-0.4, -0.2) is 18.2 Å². The Morgan fingerprint density at radius 3 is 2.53 bits per heavy atom. The van der Waals surface area contributed by atoms with Gasteiger partial charge in [0.05, 0.1) is 5.25 Å². The molecule has 0 aromatic rings. The van der Waals surface area contributed by atoms with Crippen LogP contribution in [0.15, 0.2) is 11.6 Å². The third kappa shape index (κ3) is 3.60. The van der Waals surface area contributed by atoms with Crippen molar-refractivity contribution in [1.82, 2.24) is 0 Å². The fourth-order valence-electron chi connectivity index (χ4n) is 3.87. The predicted octanol–water partition coefficient (Wildman–Crippen LogP) is 3.82. The van der Waals surface area contributed by atoms with Crippen molar-refractivity contribution in [1.29, 1.82) is 0 Å². The van der Waals surface area contributed by atoms with Crippen LogP contribution in [0.2, 0.25) is 0 Å². The normalized spacial score (nSPS) is 32.8. The second-order valence-electron chi connectivity index (χ2n) is 6.16. The Balaban J connectivity index is 2.14. The molecule has 0 radical (unpaired) electrons. The van der Waals surface area contributed by atoms with Gasteiger partial charge in [-0.3, -0.25) is 4.55 Å². The van der Waals surface area contributed by atoms with Crippen molar-refractivity contribution in [3.8, 4) is 0 Å². The van der Waals surface area contributed by atoms with Gasteiger partial charge in [0.1, 0.15) is 0 Å². The van der Waals surface area contributed by atoms with Gasteiger partial charge >= 0.3 is 0 Å². The molecule has 3 nitrogen and oxygen atoms in total. The highest BCUT2D eigenvalue weighted by Crippen LogP contribution is 2.47. The molecule has 0 amide bonds. The molecule has 0 spiro atoms. The molecule has 1 saturated carbocycles. The summed E-state index contributed by atoms with van der Waals surface area (Å²) in [6, 6.07) is 0. The first-order valence-electron chi connectivity index (χ1n) is 7.62. The van der Waals surface area contributed by atoms with Gasteiger partial charge in [-0.2, -0.15) is 8.42 Å². The van der Waals surface area contributed by atoms with E-state index in [2.05, 4.69) is 19.9 Å². The largest absolute Gasteiger partial charge is 0.285 e. The molecule has 2 aliphatic rings. The van der Waals surface area contributed by atoms with Crippen molar-refractivity contribution in [3.05, 3.63) is 11.6 Å². The summed E-state index contributed by atoms with van der Waals surface area (Å²) >= 11 is 0. The van der Waals surface area contributed by atoms with Crippen LogP contribution in [0, 0.1) is 17.8 Å². The van der Waals surface area contributed by atoms with E-state index in [1.54, 1.807) is 0 Å². The van der Waals surface area contributed by atoms with Crippen molar-refractivity contribution in [2.75, 3.05) is 0 Å². The van der Waals surface area contributed by atoms with Crippen molar-refractivity contribution >= 4 is 10.1 Å². The van der Waals surface area contributed by atoms with Gasteiger partial charge in [0.25, 0.3) is 10.1 Å². The van der Waals surface area contributed by atoms with Gasteiger partial charge in [-0.25, -0.2) is 0 Å². The Morgan fingerprint density at radius 2 is 2.05 bits per heavy atom. The lowest BCUT2D eigenvalue weighted by Crippen LogP contribution is -2.36. The molecule has 1 fully saturated rings. The second-order valence-corrected chi connectivity index (χ2v) is 7.86. The minimum atomic E-state index is -3.86. The summed E-state index contributed by atoms with van der Waals surface area (Å²) in [7, 11) is -3.86. The van der Waals surface area contributed by atoms with Crippen LogP contribution in [0.5, 0.6) is 0 Å². The van der Waals surface area contributed by atoms with Gasteiger partial charge in [0.2, 0.25) is 0 Å². The van der Waals surface area contributed by atoms with E-state index in [0.29, 0.717) is 30.6 Å². The van der Waals surface area contributed by atoms with E-state index in [1.165, 1.54) is 12.0 Å². The van der Waals surface area contributed by atoms with Crippen molar-refractivity contribution in [2.24, 2.45) is 17.8 Å². The van der Waals surface area contributed by atoms with E-state index in [1.807, 2.05) is 0 Å². The monoisotopic (exact) mass is 286 g/mol. The van der Waals surface area contributed by atoms with E-state index in [0.717, 1.165) is 25.7 Å². The van der Waals surface area contributed by atoms with Crippen LogP contribution in [-0.2, 0) is 10.1 Å². The minimum Gasteiger partial charge on any atom is -0.285 e. The van der Waals surface area contributed by atoms with Crippen LogP contribution >= 0.6 is 0 Å². The molecule has 0 heterocycles. The van der Waals surface area contributed by atoms with Crippen molar-refractivity contribution in [3.63, 3.8) is 0 Å². The molecule has 3 unspecified atom stereocenters. The zero-order valence-electron chi connectivity index (χ0n) is 12.0. The first-order chi connectivity index (χ1) is 8.97. The standard InChI is InChI=1S/C15H26O3S/c1-3-5-11(4-2)15-10-13(19(16,17)18)8-9-14(15)12-6-7-12/h6,11,13-15H,3-5,7-10H2,1-2H3,(H,16,17,18)/t11?,13-,14?,15?/m1/s1. The third-order valence-corrected chi connectivity index (χ3v) is 6.25. The van der Waals surface area contributed by atoms with Gasteiger partial charge in [-0.05, 0) is 43.4 Å². The Labute approximate surface area is 117 Å². The molecule has 110 valence electrons. The molecular weight excluding hydrogens is 260 g/mol. The van der Waals surface area contributed by atoms with Gasteiger partial charge in [0, 0.05) is 0 Å². The molecule has 1 N–H and O–H groups in total. The molecule has 0 aromatic carbocycles. The number of hydrogen-bond acceptors (Lipinski definition) is 2. The predicted molar refractivity (Wildman–Crippen MR) is 77.6 cm³/mol. The first kappa shape index (κ1) is 15.0. The number of hydrogen-bond donors (Lipinski definition) is 1. The lowest BCUT2D eigenvalue weighted by Gasteiger charge is -2.39. The molecule has 0 bridgehead atoms. The highest BCUT2D eigenvalue weighted by atomic mass is 32.2. The molecule has 0 aliphatic heterocycles. The fourth-order valence-corrected chi connectivity index (χ4v) is 4.77. The van der Waals surface area contributed by atoms with Crippen LogP contribution in [0.25, 0.3) is 0 Å². The molecule has 2 aliphatic carbocycles. The quantitative estimate of drug-likeness (QED) is 0.596. The average Bonchev–Trinajstić information content (AvgIpc) is 3.18. The molecule has 4 atom stereocenters. The Morgan fingerprint density at radius 1 is 1.37 bits per heavy atom. The Bertz CT molecular complexity index is 438. The van der Waals surface area contributed by atoms with E-state index >= 15 is 0 Å². The lowest BCUT2D eigenvalue weighted by molar-refractivity contribution is 0.173. The van der Waals surface area contributed by atoms with Crippen LogP contribution in [0.3, 0.4) is 0 Å². The van der Waals surface area contributed by atoms with E-state index < -0.39 is 15.4 Å². The molecule has 4 heteroatoms. The molecule has 0 saturated heterocycles. The summed E-state index contributed by atoms with van der Waals surface area (Å²) < 4.78 is 32.2. The molecule has 0 aromatic heterocycles. The summed E-state index contributed by atoms with van der Waals surface area (Å²) in [5, 5.41) is -0.529. The summed E-state index contributed by atoms with van der Waals surface area (Å²) in [6.07, 6.45) is 9.05. The summed E-state index contributed by atoms with van der Waals surface area (Å²) in [6.45, 7) is 4.40. The summed E-state index contributed by atoms with van der Waals surface area (Å²) in [4.78, 5) is 0. The molecule has 2 rings (SSSR count). The maximum Gasteiger partial charge on any atom is 0.267 e. The smallest absolute Gasteiger partial charge is 0.267 e. The summed E-state index contributed by atoms with van der Waals surface area (Å²) in [5.74, 6) is 1.62. The first-order valence-corrected chi connectivity index (χ1v) is 9.12. The van der Waals surface area contributed by atoms with Gasteiger partial charge in [0.15, 0.2) is 0 Å². The van der Waals surface area contributed by atoms with E-state index in [9.17, 15) is 13.0 Å². The van der Waals surface area contributed by atoms with Crippen molar-refractivity contribution < 1.29 is 13.0 Å². The van der Waals surface area contributed by atoms with Gasteiger partial charge in [-0.1, -0.05) is 44.8 Å². The highest BCUT2D eigenvalue weighted by molar-refractivity contribution is 7.86. The van der Waals surface area contributed by atoms with Gasteiger partial charge in [-0.15, -0.1) is 0 Å².